The quantitative estimate of drug-likeness (QED) is 0.168. The van der Waals surface area contributed by atoms with E-state index in [1.165, 1.54) is 70.6 Å². The molecule has 0 amide bonds. The summed E-state index contributed by atoms with van der Waals surface area (Å²) in [5.74, 6) is 2.42. The third-order valence-corrected chi connectivity index (χ3v) is 6.59. The largest absolute Gasteiger partial charge is 0.417 e. The molecule has 0 aromatic heterocycles. The van der Waals surface area contributed by atoms with Crippen LogP contribution in [0.3, 0.4) is 0 Å². The van der Waals surface area contributed by atoms with Crippen LogP contribution in [0.5, 0.6) is 0 Å². The van der Waals surface area contributed by atoms with Crippen molar-refractivity contribution in [3.8, 4) is 0 Å². The van der Waals surface area contributed by atoms with Gasteiger partial charge in [-0.05, 0) is 82.3 Å². The molecule has 0 radical (unpaired) electrons. The average Bonchev–Trinajstić information content (AvgIpc) is 3.02. The highest BCUT2D eigenvalue weighted by atomic mass is 28.4. The monoisotopic (exact) mass is 378 g/mol. The van der Waals surface area contributed by atoms with Crippen LogP contribution in [0.25, 0.3) is 0 Å². The maximum atomic E-state index is 6.02. The van der Waals surface area contributed by atoms with Crippen LogP contribution in [-0.4, -0.2) is 14.9 Å². The van der Waals surface area contributed by atoms with Crippen LogP contribution in [0.4, 0.5) is 0 Å². The lowest BCUT2D eigenvalue weighted by atomic mass is 9.92. The fourth-order valence-corrected chi connectivity index (χ4v) is 4.60. The van der Waals surface area contributed by atoms with Crippen molar-refractivity contribution >= 4 is 8.32 Å². The zero-order valence-corrected chi connectivity index (χ0v) is 19.4. The molecule has 0 aromatic carbocycles. The molecule has 0 bridgehead atoms. The summed E-state index contributed by atoms with van der Waals surface area (Å²) in [5.41, 5.74) is 0. The number of rotatable bonds is 14. The molecule has 1 nitrogen and oxygen atoms in total. The number of unbranched alkanes of at least 4 members (excludes halogenated alkanes) is 4. The van der Waals surface area contributed by atoms with E-state index in [0.29, 0.717) is 5.92 Å². The van der Waals surface area contributed by atoms with Crippen LogP contribution >= 0.6 is 0 Å². The standard InChI is InChI=1S/C24H46OSi/c1-6-7-8-9-10-13-17-23-19-15-20-24(23)18-14-11-12-16-22(2)21-25-26(3,4)5/h11,13-14,17,22-24H,6-10,12,15-16,18-21H2,1-5H3/b14-11-,17-13+/t22?,23-,24-/m0/s1. The molecule has 0 heterocycles. The average molecular weight is 379 g/mol. The van der Waals surface area contributed by atoms with Crippen LogP contribution < -0.4 is 0 Å². The second-order valence-electron chi connectivity index (χ2n) is 9.45. The van der Waals surface area contributed by atoms with Crippen molar-refractivity contribution in [1.29, 1.82) is 0 Å². The van der Waals surface area contributed by atoms with Gasteiger partial charge in [-0.3, -0.25) is 0 Å². The van der Waals surface area contributed by atoms with E-state index in [-0.39, 0.29) is 0 Å². The van der Waals surface area contributed by atoms with Crippen molar-refractivity contribution in [3.05, 3.63) is 24.3 Å². The third-order valence-electron chi connectivity index (χ3n) is 5.56. The molecule has 0 spiro atoms. The van der Waals surface area contributed by atoms with Crippen LogP contribution in [0, 0.1) is 17.8 Å². The fraction of sp³-hybridized carbons (Fsp3) is 0.833. The van der Waals surface area contributed by atoms with Crippen molar-refractivity contribution in [3.63, 3.8) is 0 Å². The molecule has 1 rings (SSSR count). The van der Waals surface area contributed by atoms with Crippen molar-refractivity contribution < 1.29 is 4.43 Å². The Morgan fingerprint density at radius 1 is 1.00 bits per heavy atom. The number of hydrogen-bond acceptors (Lipinski definition) is 1. The van der Waals surface area contributed by atoms with Gasteiger partial charge in [-0.25, -0.2) is 0 Å². The predicted molar refractivity (Wildman–Crippen MR) is 120 cm³/mol. The minimum absolute atomic E-state index is 0.682. The molecular formula is C24H46OSi. The van der Waals surface area contributed by atoms with Crippen LogP contribution in [0.1, 0.15) is 84.5 Å². The Kier molecular flexibility index (Phi) is 12.5. The molecule has 1 unspecified atom stereocenters. The molecule has 0 saturated heterocycles. The first-order valence-corrected chi connectivity index (χ1v) is 14.8. The van der Waals surface area contributed by atoms with Gasteiger partial charge in [0, 0.05) is 6.61 Å². The van der Waals surface area contributed by atoms with E-state index in [1.54, 1.807) is 0 Å². The minimum atomic E-state index is -1.35. The summed E-state index contributed by atoms with van der Waals surface area (Å²) in [4.78, 5) is 0. The molecule has 0 N–H and O–H groups in total. The highest BCUT2D eigenvalue weighted by molar-refractivity contribution is 6.69. The third kappa shape index (κ3) is 12.1. The highest BCUT2D eigenvalue weighted by Crippen LogP contribution is 2.35. The van der Waals surface area contributed by atoms with Crippen molar-refractivity contribution in [2.24, 2.45) is 17.8 Å². The van der Waals surface area contributed by atoms with Gasteiger partial charge in [-0.2, -0.15) is 0 Å². The molecule has 1 aliphatic carbocycles. The SMILES string of the molecule is CCCCCC/C=C/[C@H]1CCC[C@@H]1C/C=C\CCC(C)CO[Si](C)(C)C. The summed E-state index contributed by atoms with van der Waals surface area (Å²) in [6.45, 7) is 12.4. The zero-order valence-electron chi connectivity index (χ0n) is 18.4. The fourth-order valence-electron chi connectivity index (χ4n) is 3.82. The molecule has 0 aliphatic heterocycles. The Morgan fingerprint density at radius 2 is 1.81 bits per heavy atom. The Hall–Kier alpha value is -0.343. The van der Waals surface area contributed by atoms with Crippen LogP contribution in [-0.2, 0) is 4.43 Å². The number of allylic oxidation sites excluding steroid dienone is 4. The molecule has 152 valence electrons. The van der Waals surface area contributed by atoms with Gasteiger partial charge in [-0.15, -0.1) is 0 Å². The molecule has 0 aromatic rings. The predicted octanol–water partition coefficient (Wildman–Crippen LogP) is 8.14. The van der Waals surface area contributed by atoms with E-state index in [4.69, 9.17) is 4.43 Å². The van der Waals surface area contributed by atoms with Crippen molar-refractivity contribution in [1.82, 2.24) is 0 Å². The van der Waals surface area contributed by atoms with Crippen molar-refractivity contribution in [2.45, 2.75) is 104 Å². The van der Waals surface area contributed by atoms with E-state index in [1.807, 2.05) is 0 Å². The summed E-state index contributed by atoms with van der Waals surface area (Å²) < 4.78 is 6.02. The molecule has 2 heteroatoms. The van der Waals surface area contributed by atoms with Gasteiger partial charge in [0.05, 0.1) is 0 Å². The maximum absolute atomic E-state index is 6.02. The number of hydrogen-bond donors (Lipinski definition) is 0. The van der Waals surface area contributed by atoms with Gasteiger partial charge >= 0.3 is 0 Å². The second-order valence-corrected chi connectivity index (χ2v) is 14.0. The van der Waals surface area contributed by atoms with E-state index >= 15 is 0 Å². The maximum Gasteiger partial charge on any atom is 0.183 e. The molecule has 1 fully saturated rings. The molecule has 1 aliphatic rings. The van der Waals surface area contributed by atoms with E-state index in [2.05, 4.69) is 57.8 Å². The van der Waals surface area contributed by atoms with Gasteiger partial charge in [-0.1, -0.05) is 63.8 Å². The topological polar surface area (TPSA) is 9.23 Å². The lowest BCUT2D eigenvalue weighted by Gasteiger charge is -2.20. The summed E-state index contributed by atoms with van der Waals surface area (Å²) in [6, 6.07) is 0. The minimum Gasteiger partial charge on any atom is -0.417 e. The summed E-state index contributed by atoms with van der Waals surface area (Å²) in [5, 5.41) is 0. The summed E-state index contributed by atoms with van der Waals surface area (Å²) in [6.07, 6.45) is 24.7. The van der Waals surface area contributed by atoms with Gasteiger partial charge in [0.25, 0.3) is 0 Å². The van der Waals surface area contributed by atoms with E-state index < -0.39 is 8.32 Å². The Balaban J connectivity index is 2.16. The molecule has 3 atom stereocenters. The lowest BCUT2D eigenvalue weighted by molar-refractivity contribution is 0.247. The Morgan fingerprint density at radius 3 is 2.54 bits per heavy atom. The molecule has 26 heavy (non-hydrogen) atoms. The summed E-state index contributed by atoms with van der Waals surface area (Å²) in [7, 11) is -1.35. The first-order chi connectivity index (χ1) is 12.4. The van der Waals surface area contributed by atoms with E-state index in [0.717, 1.165) is 18.4 Å². The Labute approximate surface area is 165 Å². The Bertz CT molecular complexity index is 394. The lowest BCUT2D eigenvalue weighted by Crippen LogP contribution is -2.27. The zero-order chi connectivity index (χ0) is 19.3. The van der Waals surface area contributed by atoms with E-state index in [9.17, 15) is 0 Å². The molecular weight excluding hydrogens is 332 g/mol. The van der Waals surface area contributed by atoms with Gasteiger partial charge < -0.3 is 4.43 Å². The highest BCUT2D eigenvalue weighted by Gasteiger charge is 2.23. The second kappa shape index (κ2) is 13.8. The van der Waals surface area contributed by atoms with Gasteiger partial charge in [0.2, 0.25) is 0 Å². The van der Waals surface area contributed by atoms with Gasteiger partial charge in [0.15, 0.2) is 8.32 Å². The van der Waals surface area contributed by atoms with Crippen LogP contribution in [0.2, 0.25) is 19.6 Å². The first-order valence-electron chi connectivity index (χ1n) is 11.4. The first kappa shape index (κ1) is 23.7. The van der Waals surface area contributed by atoms with Crippen LogP contribution in [0.15, 0.2) is 24.3 Å². The van der Waals surface area contributed by atoms with Gasteiger partial charge in [0.1, 0.15) is 0 Å². The molecule has 1 saturated carbocycles. The van der Waals surface area contributed by atoms with Crippen molar-refractivity contribution in [2.75, 3.05) is 6.61 Å². The smallest absolute Gasteiger partial charge is 0.183 e. The summed E-state index contributed by atoms with van der Waals surface area (Å²) >= 11 is 0. The normalized spacial score (nSPS) is 22.7.